The molecule has 76 valence electrons. The average Bonchev–Trinajstić information content (AvgIpc) is 2.68. The maximum Gasteiger partial charge on any atom is 0.0815 e. The highest BCUT2D eigenvalue weighted by atomic mass is 35.5. The summed E-state index contributed by atoms with van der Waals surface area (Å²) in [4.78, 5) is 10.8. The monoisotopic (exact) mass is 237 g/mol. The van der Waals surface area contributed by atoms with Gasteiger partial charge in [-0.15, -0.1) is 11.3 Å². The van der Waals surface area contributed by atoms with Gasteiger partial charge in [0.25, 0.3) is 0 Å². The molecule has 0 spiro atoms. The predicted molar refractivity (Wildman–Crippen MR) is 59.1 cm³/mol. The molecule has 1 aromatic heterocycles. The molecule has 2 aromatic rings. The molecule has 0 radical (unpaired) electrons. The summed E-state index contributed by atoms with van der Waals surface area (Å²) in [6.45, 7) is 0. The summed E-state index contributed by atoms with van der Waals surface area (Å²) in [5.41, 5.74) is 1.82. The first-order valence-corrected chi connectivity index (χ1v) is 5.48. The van der Waals surface area contributed by atoms with E-state index in [4.69, 9.17) is 11.6 Å². The highest BCUT2D eigenvalue weighted by molar-refractivity contribution is 7.12. The molecule has 0 bridgehead atoms. The number of rotatable bonds is 2. The van der Waals surface area contributed by atoms with Crippen LogP contribution in [0, 0.1) is 0 Å². The number of halogens is 1. The van der Waals surface area contributed by atoms with E-state index in [1.807, 2.05) is 12.1 Å². The maximum absolute atomic E-state index is 10.6. The van der Waals surface area contributed by atoms with E-state index in [9.17, 15) is 9.90 Å². The van der Waals surface area contributed by atoms with Crippen molar-refractivity contribution < 1.29 is 9.90 Å². The zero-order valence-corrected chi connectivity index (χ0v) is 9.14. The second-order valence-electron chi connectivity index (χ2n) is 2.99. The van der Waals surface area contributed by atoms with Crippen LogP contribution in [-0.4, -0.2) is 5.97 Å². The van der Waals surface area contributed by atoms with E-state index in [2.05, 4.69) is 0 Å². The summed E-state index contributed by atoms with van der Waals surface area (Å²) in [7, 11) is 0. The van der Waals surface area contributed by atoms with Crippen LogP contribution in [0.3, 0.4) is 0 Å². The Hall–Kier alpha value is -1.32. The van der Waals surface area contributed by atoms with E-state index in [0.717, 1.165) is 22.5 Å². The Balaban J connectivity index is 2.37. The Bertz CT molecular complexity index is 488. The minimum Gasteiger partial charge on any atom is -0.544 e. The third-order valence-corrected chi connectivity index (χ3v) is 3.14. The zero-order valence-electron chi connectivity index (χ0n) is 7.57. The fourth-order valence-corrected chi connectivity index (χ4v) is 2.11. The fraction of sp³-hybridized carbons (Fsp3) is 0. The van der Waals surface area contributed by atoms with Gasteiger partial charge in [-0.3, -0.25) is 0 Å². The number of thiophene rings is 1. The van der Waals surface area contributed by atoms with Crippen molar-refractivity contribution in [2.75, 3.05) is 0 Å². The molecular formula is C11H6ClO2S-. The van der Waals surface area contributed by atoms with Crippen molar-refractivity contribution in [2.24, 2.45) is 0 Å². The lowest BCUT2D eigenvalue weighted by Crippen LogP contribution is -2.20. The van der Waals surface area contributed by atoms with E-state index in [1.165, 1.54) is 0 Å². The van der Waals surface area contributed by atoms with Crippen LogP contribution in [0.25, 0.3) is 11.1 Å². The minimum absolute atomic E-state index is 0.236. The van der Waals surface area contributed by atoms with Gasteiger partial charge in [0.15, 0.2) is 0 Å². The first-order chi connectivity index (χ1) is 7.16. The summed E-state index contributed by atoms with van der Waals surface area (Å²) in [5, 5.41) is 13.0. The van der Waals surface area contributed by atoms with Crippen molar-refractivity contribution in [1.82, 2.24) is 0 Å². The first kappa shape index (κ1) is 10.2. The SMILES string of the molecule is O=C([O-])c1cc(-c2ccc(Cl)cc2)cs1. The quantitative estimate of drug-likeness (QED) is 0.805. The van der Waals surface area contributed by atoms with Crippen LogP contribution in [0.2, 0.25) is 5.02 Å². The Labute approximate surface area is 95.8 Å². The van der Waals surface area contributed by atoms with Crippen LogP contribution in [0.5, 0.6) is 0 Å². The largest absolute Gasteiger partial charge is 0.544 e. The van der Waals surface area contributed by atoms with E-state index in [-0.39, 0.29) is 4.88 Å². The number of aromatic carboxylic acids is 1. The second kappa shape index (κ2) is 4.04. The lowest BCUT2D eigenvalue weighted by molar-refractivity contribution is -0.254. The second-order valence-corrected chi connectivity index (χ2v) is 4.34. The molecule has 1 heterocycles. The summed E-state index contributed by atoms with van der Waals surface area (Å²) in [5.74, 6) is -1.14. The molecule has 2 rings (SSSR count). The molecule has 0 aliphatic carbocycles. The Morgan fingerprint density at radius 3 is 2.40 bits per heavy atom. The van der Waals surface area contributed by atoms with Crippen LogP contribution in [-0.2, 0) is 0 Å². The Kier molecular flexibility index (Phi) is 2.75. The van der Waals surface area contributed by atoms with Gasteiger partial charge in [-0.1, -0.05) is 23.7 Å². The number of carbonyl (C=O) groups excluding carboxylic acids is 1. The smallest absolute Gasteiger partial charge is 0.0815 e. The Morgan fingerprint density at radius 1 is 1.20 bits per heavy atom. The van der Waals surface area contributed by atoms with Gasteiger partial charge in [-0.05, 0) is 34.7 Å². The third kappa shape index (κ3) is 2.19. The number of benzene rings is 1. The standard InChI is InChI=1S/C11H7ClO2S/c12-9-3-1-7(2-4-9)8-5-10(11(13)14)15-6-8/h1-6H,(H,13,14)/p-1. The Morgan fingerprint density at radius 2 is 1.87 bits per heavy atom. The maximum atomic E-state index is 10.6. The number of carboxylic acids is 1. The van der Waals surface area contributed by atoms with E-state index >= 15 is 0 Å². The van der Waals surface area contributed by atoms with Gasteiger partial charge in [0.2, 0.25) is 0 Å². The van der Waals surface area contributed by atoms with Crippen LogP contribution in [0.1, 0.15) is 9.67 Å². The van der Waals surface area contributed by atoms with Gasteiger partial charge in [-0.25, -0.2) is 0 Å². The molecule has 0 unspecified atom stereocenters. The summed E-state index contributed by atoms with van der Waals surface area (Å²) < 4.78 is 0. The molecule has 2 nitrogen and oxygen atoms in total. The molecule has 1 aromatic carbocycles. The number of carboxylic acid groups (broad SMARTS) is 1. The third-order valence-electron chi connectivity index (χ3n) is 1.98. The van der Waals surface area contributed by atoms with Crippen LogP contribution in [0.15, 0.2) is 35.7 Å². The summed E-state index contributed by atoms with van der Waals surface area (Å²) >= 11 is 6.91. The number of hydrogen-bond donors (Lipinski definition) is 0. The molecule has 0 fully saturated rings. The normalized spacial score (nSPS) is 10.2. The molecule has 0 aliphatic rings. The fourth-order valence-electron chi connectivity index (χ4n) is 1.24. The van der Waals surface area contributed by atoms with Gasteiger partial charge in [0, 0.05) is 5.02 Å². The molecule has 0 saturated heterocycles. The molecule has 0 saturated carbocycles. The molecule has 15 heavy (non-hydrogen) atoms. The lowest BCUT2D eigenvalue weighted by Gasteiger charge is -1.97. The van der Waals surface area contributed by atoms with Gasteiger partial charge in [0.05, 0.1) is 10.8 Å². The minimum atomic E-state index is -1.14. The van der Waals surface area contributed by atoms with Crippen molar-refractivity contribution >= 4 is 28.9 Å². The topological polar surface area (TPSA) is 40.1 Å². The predicted octanol–water partition coefficient (Wildman–Crippen LogP) is 2.43. The van der Waals surface area contributed by atoms with Crippen molar-refractivity contribution in [2.45, 2.75) is 0 Å². The summed E-state index contributed by atoms with van der Waals surface area (Å²) in [6, 6.07) is 8.84. The zero-order chi connectivity index (χ0) is 10.8. The number of hydrogen-bond acceptors (Lipinski definition) is 3. The van der Waals surface area contributed by atoms with Gasteiger partial charge >= 0.3 is 0 Å². The van der Waals surface area contributed by atoms with E-state index in [0.29, 0.717) is 5.02 Å². The highest BCUT2D eigenvalue weighted by Crippen LogP contribution is 2.26. The van der Waals surface area contributed by atoms with Gasteiger partial charge in [-0.2, -0.15) is 0 Å². The molecule has 0 N–H and O–H groups in total. The van der Waals surface area contributed by atoms with Crippen molar-refractivity contribution in [3.8, 4) is 11.1 Å². The molecule has 4 heteroatoms. The van der Waals surface area contributed by atoms with Crippen LogP contribution < -0.4 is 5.11 Å². The molecule has 0 amide bonds. The van der Waals surface area contributed by atoms with Gasteiger partial charge < -0.3 is 9.90 Å². The van der Waals surface area contributed by atoms with Crippen molar-refractivity contribution in [3.63, 3.8) is 0 Å². The van der Waals surface area contributed by atoms with Gasteiger partial charge in [0.1, 0.15) is 0 Å². The van der Waals surface area contributed by atoms with E-state index in [1.54, 1.807) is 23.6 Å². The van der Waals surface area contributed by atoms with Crippen LogP contribution >= 0.6 is 22.9 Å². The molecule has 0 aliphatic heterocycles. The average molecular weight is 238 g/mol. The van der Waals surface area contributed by atoms with Crippen LogP contribution in [0.4, 0.5) is 0 Å². The number of carbonyl (C=O) groups is 1. The van der Waals surface area contributed by atoms with E-state index < -0.39 is 5.97 Å². The highest BCUT2D eigenvalue weighted by Gasteiger charge is 2.02. The molecule has 0 atom stereocenters. The lowest BCUT2D eigenvalue weighted by atomic mass is 10.1. The summed E-state index contributed by atoms with van der Waals surface area (Å²) in [6.07, 6.45) is 0. The van der Waals surface area contributed by atoms with Crippen molar-refractivity contribution in [3.05, 3.63) is 45.6 Å². The first-order valence-electron chi connectivity index (χ1n) is 4.22. The molecular weight excluding hydrogens is 232 g/mol. The van der Waals surface area contributed by atoms with Crippen molar-refractivity contribution in [1.29, 1.82) is 0 Å².